The van der Waals surface area contributed by atoms with Gasteiger partial charge in [0.2, 0.25) is 0 Å². The molecule has 1 saturated heterocycles. The first-order valence-electron chi connectivity index (χ1n) is 10.5. The number of hydrogen-bond donors (Lipinski definition) is 2. The SMILES string of the molecule is CCNC(=NCc1cc(C)ccc1OC(F)F)NCc1ccccc1N1CCOCC1.I. The molecule has 2 N–H and O–H groups in total. The minimum absolute atomic E-state index is 0. The number of nitrogens with one attached hydrogen (secondary N) is 2. The van der Waals surface area contributed by atoms with Crippen molar-refractivity contribution >= 4 is 35.6 Å². The molecule has 1 fully saturated rings. The second kappa shape index (κ2) is 13.4. The van der Waals surface area contributed by atoms with Gasteiger partial charge in [-0.3, -0.25) is 0 Å². The molecule has 0 radical (unpaired) electrons. The third-order valence-electron chi connectivity index (χ3n) is 4.97. The molecule has 0 amide bonds. The Hall–Kier alpha value is -2.14. The van der Waals surface area contributed by atoms with Gasteiger partial charge >= 0.3 is 6.61 Å². The number of hydrogen-bond acceptors (Lipinski definition) is 4. The predicted molar refractivity (Wildman–Crippen MR) is 134 cm³/mol. The monoisotopic (exact) mass is 560 g/mol. The zero-order valence-corrected chi connectivity index (χ0v) is 20.8. The van der Waals surface area contributed by atoms with E-state index in [2.05, 4.69) is 37.4 Å². The van der Waals surface area contributed by atoms with Crippen LogP contribution in [0.1, 0.15) is 23.6 Å². The number of aliphatic imine (C=N–C) groups is 1. The molecule has 176 valence electrons. The van der Waals surface area contributed by atoms with E-state index in [9.17, 15) is 8.78 Å². The highest BCUT2D eigenvalue weighted by atomic mass is 127. The fraction of sp³-hybridized carbons (Fsp3) is 0.435. The van der Waals surface area contributed by atoms with E-state index in [0.29, 0.717) is 24.6 Å². The normalized spacial score (nSPS) is 14.2. The molecule has 1 heterocycles. The topological polar surface area (TPSA) is 58.1 Å². The first-order valence-corrected chi connectivity index (χ1v) is 10.5. The number of aryl methyl sites for hydroxylation is 1. The molecule has 0 saturated carbocycles. The molecule has 1 aliphatic rings. The third-order valence-corrected chi connectivity index (χ3v) is 4.97. The summed E-state index contributed by atoms with van der Waals surface area (Å²) in [5, 5.41) is 6.57. The molecule has 0 unspecified atom stereocenters. The summed E-state index contributed by atoms with van der Waals surface area (Å²) >= 11 is 0. The number of anilines is 1. The van der Waals surface area contributed by atoms with Crippen molar-refractivity contribution in [1.29, 1.82) is 0 Å². The lowest BCUT2D eigenvalue weighted by Gasteiger charge is -2.30. The quantitative estimate of drug-likeness (QED) is 0.287. The fourth-order valence-electron chi connectivity index (χ4n) is 3.50. The second-order valence-electron chi connectivity index (χ2n) is 7.27. The Morgan fingerprint density at radius 1 is 1.12 bits per heavy atom. The van der Waals surface area contributed by atoms with Crippen LogP contribution in [0.3, 0.4) is 0 Å². The number of morpholine rings is 1. The summed E-state index contributed by atoms with van der Waals surface area (Å²) in [5.74, 6) is 0.765. The Balaban J connectivity index is 0.00000363. The van der Waals surface area contributed by atoms with E-state index in [4.69, 9.17) is 4.74 Å². The molecule has 3 rings (SSSR count). The Morgan fingerprint density at radius 2 is 1.88 bits per heavy atom. The summed E-state index contributed by atoms with van der Waals surface area (Å²) in [6, 6.07) is 13.4. The first kappa shape index (κ1) is 26.1. The van der Waals surface area contributed by atoms with Crippen molar-refractivity contribution < 1.29 is 18.3 Å². The molecule has 0 bridgehead atoms. The molecule has 2 aromatic rings. The van der Waals surface area contributed by atoms with Crippen LogP contribution in [0.25, 0.3) is 0 Å². The molecule has 32 heavy (non-hydrogen) atoms. The fourth-order valence-corrected chi connectivity index (χ4v) is 3.50. The second-order valence-corrected chi connectivity index (χ2v) is 7.27. The molecular weight excluding hydrogens is 529 g/mol. The molecule has 0 spiro atoms. The number of benzene rings is 2. The van der Waals surface area contributed by atoms with Crippen molar-refractivity contribution in [2.75, 3.05) is 37.7 Å². The minimum atomic E-state index is -2.87. The molecule has 2 aromatic carbocycles. The molecule has 0 aliphatic carbocycles. The van der Waals surface area contributed by atoms with Gasteiger partial charge in [-0.1, -0.05) is 35.9 Å². The van der Waals surface area contributed by atoms with Gasteiger partial charge in [-0.15, -0.1) is 24.0 Å². The average Bonchev–Trinajstić information content (AvgIpc) is 2.78. The number of alkyl halides is 2. The van der Waals surface area contributed by atoms with E-state index in [0.717, 1.165) is 37.4 Å². The minimum Gasteiger partial charge on any atom is -0.434 e. The van der Waals surface area contributed by atoms with Gasteiger partial charge in [0.25, 0.3) is 0 Å². The van der Waals surface area contributed by atoms with Crippen molar-refractivity contribution in [2.45, 2.75) is 33.5 Å². The lowest BCUT2D eigenvalue weighted by Crippen LogP contribution is -2.39. The van der Waals surface area contributed by atoms with Crippen molar-refractivity contribution in [3.05, 3.63) is 59.2 Å². The van der Waals surface area contributed by atoms with Gasteiger partial charge in [-0.2, -0.15) is 8.78 Å². The number of para-hydroxylation sites is 1. The van der Waals surface area contributed by atoms with Crippen LogP contribution in [0.15, 0.2) is 47.5 Å². The number of guanidine groups is 1. The molecule has 6 nitrogen and oxygen atoms in total. The molecule has 0 atom stereocenters. The molecule has 1 aliphatic heterocycles. The molecule has 9 heteroatoms. The number of ether oxygens (including phenoxy) is 2. The average molecular weight is 560 g/mol. The van der Waals surface area contributed by atoms with Gasteiger partial charge in [-0.25, -0.2) is 4.99 Å². The van der Waals surface area contributed by atoms with Crippen LogP contribution in [0.4, 0.5) is 14.5 Å². The highest BCUT2D eigenvalue weighted by Crippen LogP contribution is 2.23. The van der Waals surface area contributed by atoms with Crippen molar-refractivity contribution in [3.8, 4) is 5.75 Å². The highest BCUT2D eigenvalue weighted by Gasteiger charge is 2.15. The van der Waals surface area contributed by atoms with Crippen LogP contribution < -0.4 is 20.3 Å². The van der Waals surface area contributed by atoms with Crippen LogP contribution in [-0.2, 0) is 17.8 Å². The summed E-state index contributed by atoms with van der Waals surface area (Å²) in [6.45, 7) is 5.72. The summed E-state index contributed by atoms with van der Waals surface area (Å²) < 4.78 is 35.6. The molecule has 0 aromatic heterocycles. The Bertz CT molecular complexity index is 877. The lowest BCUT2D eigenvalue weighted by atomic mass is 10.1. The number of nitrogens with zero attached hydrogens (tertiary/aromatic N) is 2. The van der Waals surface area contributed by atoms with E-state index in [-0.39, 0.29) is 36.3 Å². The van der Waals surface area contributed by atoms with Crippen LogP contribution >= 0.6 is 24.0 Å². The first-order chi connectivity index (χ1) is 15.1. The standard InChI is InChI=1S/C23H30F2N4O2.HI/c1-3-26-23(28-16-19-14-17(2)8-9-21(19)31-22(24)25)27-15-18-6-4-5-7-20(18)29-10-12-30-13-11-29;/h4-9,14,22H,3,10-13,15-16H2,1-2H3,(H2,26,27,28);1H. The third kappa shape index (κ3) is 7.77. The van der Waals surface area contributed by atoms with E-state index in [1.807, 2.05) is 32.0 Å². The van der Waals surface area contributed by atoms with Gasteiger partial charge in [0.05, 0.1) is 19.8 Å². The number of halogens is 3. The van der Waals surface area contributed by atoms with Crippen LogP contribution in [-0.4, -0.2) is 45.4 Å². The lowest BCUT2D eigenvalue weighted by molar-refractivity contribution is -0.0504. The summed E-state index contributed by atoms with van der Waals surface area (Å²) in [7, 11) is 0. The maximum Gasteiger partial charge on any atom is 0.387 e. The van der Waals surface area contributed by atoms with Crippen LogP contribution in [0.5, 0.6) is 5.75 Å². The van der Waals surface area contributed by atoms with Crippen molar-refractivity contribution in [2.24, 2.45) is 4.99 Å². The zero-order chi connectivity index (χ0) is 22.1. The maximum absolute atomic E-state index is 12.7. The van der Waals surface area contributed by atoms with Gasteiger partial charge < -0.3 is 25.0 Å². The highest BCUT2D eigenvalue weighted by molar-refractivity contribution is 14.0. The van der Waals surface area contributed by atoms with E-state index >= 15 is 0 Å². The maximum atomic E-state index is 12.7. The predicted octanol–water partition coefficient (Wildman–Crippen LogP) is 4.31. The Kier molecular flexibility index (Phi) is 10.9. The Morgan fingerprint density at radius 3 is 2.59 bits per heavy atom. The van der Waals surface area contributed by atoms with Crippen molar-refractivity contribution in [1.82, 2.24) is 10.6 Å². The van der Waals surface area contributed by atoms with Crippen molar-refractivity contribution in [3.63, 3.8) is 0 Å². The summed E-state index contributed by atoms with van der Waals surface area (Å²) in [4.78, 5) is 6.91. The van der Waals surface area contributed by atoms with Gasteiger partial charge in [0, 0.05) is 37.4 Å². The smallest absolute Gasteiger partial charge is 0.387 e. The zero-order valence-electron chi connectivity index (χ0n) is 18.4. The summed E-state index contributed by atoms with van der Waals surface area (Å²) in [6.07, 6.45) is 0. The van der Waals surface area contributed by atoms with Gasteiger partial charge in [0.1, 0.15) is 5.75 Å². The largest absolute Gasteiger partial charge is 0.434 e. The Labute approximate surface area is 205 Å². The molecular formula is C23H31F2IN4O2. The number of rotatable bonds is 8. The van der Waals surface area contributed by atoms with E-state index < -0.39 is 6.61 Å². The van der Waals surface area contributed by atoms with E-state index in [1.165, 1.54) is 5.69 Å². The van der Waals surface area contributed by atoms with Crippen LogP contribution in [0, 0.1) is 6.92 Å². The van der Waals surface area contributed by atoms with Crippen LogP contribution in [0.2, 0.25) is 0 Å². The van der Waals surface area contributed by atoms with E-state index in [1.54, 1.807) is 12.1 Å². The summed E-state index contributed by atoms with van der Waals surface area (Å²) in [5.41, 5.74) is 3.92. The van der Waals surface area contributed by atoms with Gasteiger partial charge in [-0.05, 0) is 31.5 Å². The van der Waals surface area contributed by atoms with Gasteiger partial charge in [0.15, 0.2) is 5.96 Å².